The number of nitrogens with one attached hydrogen (secondary N) is 1. The summed E-state index contributed by atoms with van der Waals surface area (Å²) in [6, 6.07) is 14.4. The summed E-state index contributed by atoms with van der Waals surface area (Å²) >= 11 is 8.01. The van der Waals surface area contributed by atoms with Crippen LogP contribution in [0.25, 0.3) is 10.1 Å². The number of halogens is 1. The number of aliphatic imine (C=N–C) groups is 1. The van der Waals surface area contributed by atoms with Crippen LogP contribution in [-0.4, -0.2) is 48.9 Å². The average Bonchev–Trinajstić information content (AvgIpc) is 2.92. The van der Waals surface area contributed by atoms with Gasteiger partial charge in [0.15, 0.2) is 0 Å². The third kappa shape index (κ3) is 2.67. The highest BCUT2D eigenvalue weighted by Crippen LogP contribution is 2.43. The van der Waals surface area contributed by atoms with Crippen LogP contribution < -0.4 is 5.32 Å². The van der Waals surface area contributed by atoms with E-state index in [0.29, 0.717) is 0 Å². The second kappa shape index (κ2) is 6.27. The molecule has 3 aromatic rings. The van der Waals surface area contributed by atoms with E-state index in [2.05, 4.69) is 46.4 Å². The van der Waals surface area contributed by atoms with Gasteiger partial charge < -0.3 is 15.1 Å². The largest absolute Gasteiger partial charge is 0.353 e. The predicted molar refractivity (Wildman–Crippen MR) is 112 cm³/mol. The normalized spacial score (nSPS) is 17.3. The van der Waals surface area contributed by atoms with E-state index in [1.165, 1.54) is 15.6 Å². The van der Waals surface area contributed by atoms with Gasteiger partial charge in [0, 0.05) is 41.3 Å². The van der Waals surface area contributed by atoms with Crippen molar-refractivity contribution in [3.63, 3.8) is 0 Å². The van der Waals surface area contributed by atoms with E-state index in [0.717, 1.165) is 53.4 Å². The van der Waals surface area contributed by atoms with Crippen LogP contribution in [0.15, 0.2) is 47.5 Å². The van der Waals surface area contributed by atoms with Crippen molar-refractivity contribution in [2.45, 2.75) is 0 Å². The first kappa shape index (κ1) is 16.1. The molecule has 26 heavy (non-hydrogen) atoms. The third-order valence-corrected chi connectivity index (χ3v) is 6.38. The first-order valence-electron chi connectivity index (χ1n) is 8.80. The molecular weight excluding hydrogens is 364 g/mol. The molecule has 1 fully saturated rings. The number of amidine groups is 1. The predicted octanol–water partition coefficient (Wildman–Crippen LogP) is 4.94. The molecule has 0 bridgehead atoms. The number of rotatable bonds is 0. The summed E-state index contributed by atoms with van der Waals surface area (Å²) in [4.78, 5) is 9.89. The highest BCUT2D eigenvalue weighted by Gasteiger charge is 2.27. The topological polar surface area (TPSA) is 30.9 Å². The third-order valence-electron chi connectivity index (χ3n) is 5.06. The molecule has 2 aliphatic heterocycles. The van der Waals surface area contributed by atoms with Crippen LogP contribution in [-0.2, 0) is 0 Å². The minimum absolute atomic E-state index is 0.720. The quantitative estimate of drug-likeness (QED) is 0.597. The Labute approximate surface area is 161 Å². The summed E-state index contributed by atoms with van der Waals surface area (Å²) in [5, 5.41) is 6.72. The number of benzene rings is 2. The van der Waals surface area contributed by atoms with Crippen molar-refractivity contribution in [2.24, 2.45) is 4.99 Å². The van der Waals surface area contributed by atoms with Gasteiger partial charge in [0.2, 0.25) is 0 Å². The van der Waals surface area contributed by atoms with Gasteiger partial charge in [0.1, 0.15) is 10.8 Å². The molecule has 0 amide bonds. The second-order valence-corrected chi connectivity index (χ2v) is 8.30. The fourth-order valence-electron chi connectivity index (χ4n) is 3.60. The van der Waals surface area contributed by atoms with Gasteiger partial charge in [-0.2, -0.15) is 0 Å². The number of hydrogen-bond acceptors (Lipinski definition) is 5. The standard InChI is InChI=1S/C20H19ClN4S/c1-24-8-10-25(11-9-24)19-18-14-4-2-3-5-17(14)26-20(18)23-16-12-13(21)6-7-15(16)22-19/h2-7,12,23H,8-11H2,1H3. The van der Waals surface area contributed by atoms with E-state index < -0.39 is 0 Å². The molecule has 4 nitrogen and oxygen atoms in total. The van der Waals surface area contributed by atoms with Crippen molar-refractivity contribution in [3.8, 4) is 0 Å². The van der Waals surface area contributed by atoms with E-state index in [1.807, 2.05) is 18.2 Å². The fourth-order valence-corrected chi connectivity index (χ4v) is 4.88. The Balaban J connectivity index is 1.72. The van der Waals surface area contributed by atoms with Crippen LogP contribution in [0.3, 0.4) is 0 Å². The Bertz CT molecular complexity index is 1020. The Morgan fingerprint density at radius 3 is 2.73 bits per heavy atom. The van der Waals surface area contributed by atoms with Gasteiger partial charge in [-0.15, -0.1) is 11.3 Å². The van der Waals surface area contributed by atoms with Crippen molar-refractivity contribution >= 4 is 55.2 Å². The Morgan fingerprint density at radius 2 is 1.88 bits per heavy atom. The second-order valence-electron chi connectivity index (χ2n) is 6.81. The van der Waals surface area contributed by atoms with Gasteiger partial charge in [-0.05, 0) is 31.3 Å². The number of likely N-dealkylation sites (N-methyl/N-ethyl adjacent to an activating group) is 1. The van der Waals surface area contributed by atoms with Gasteiger partial charge >= 0.3 is 0 Å². The number of anilines is 2. The van der Waals surface area contributed by atoms with Gasteiger partial charge in [-0.25, -0.2) is 4.99 Å². The smallest absolute Gasteiger partial charge is 0.140 e. The van der Waals surface area contributed by atoms with Crippen LogP contribution in [0.1, 0.15) is 5.56 Å². The molecule has 0 unspecified atom stereocenters. The zero-order chi connectivity index (χ0) is 17.7. The van der Waals surface area contributed by atoms with E-state index >= 15 is 0 Å². The van der Waals surface area contributed by atoms with Crippen LogP contribution in [0, 0.1) is 0 Å². The lowest BCUT2D eigenvalue weighted by Gasteiger charge is -2.34. The Morgan fingerprint density at radius 1 is 1.08 bits per heavy atom. The first-order valence-corrected chi connectivity index (χ1v) is 9.99. The highest BCUT2D eigenvalue weighted by atomic mass is 35.5. The molecule has 0 aliphatic carbocycles. The van der Waals surface area contributed by atoms with Crippen molar-refractivity contribution < 1.29 is 0 Å². The summed E-state index contributed by atoms with van der Waals surface area (Å²) < 4.78 is 1.28. The van der Waals surface area contributed by atoms with Crippen LogP contribution in [0.2, 0.25) is 5.02 Å². The molecular formula is C20H19ClN4S. The van der Waals surface area contributed by atoms with E-state index in [4.69, 9.17) is 16.6 Å². The molecule has 2 aromatic carbocycles. The zero-order valence-electron chi connectivity index (χ0n) is 14.5. The van der Waals surface area contributed by atoms with Crippen LogP contribution in [0.5, 0.6) is 0 Å². The maximum Gasteiger partial charge on any atom is 0.140 e. The number of nitrogens with zero attached hydrogens (tertiary/aromatic N) is 3. The molecule has 1 aromatic heterocycles. The molecule has 132 valence electrons. The SMILES string of the molecule is CN1CCN(C2=Nc3ccc(Cl)cc3Nc3sc4ccccc4c32)CC1. The maximum atomic E-state index is 6.24. The molecule has 3 heterocycles. The summed E-state index contributed by atoms with van der Waals surface area (Å²) in [5.41, 5.74) is 3.12. The monoisotopic (exact) mass is 382 g/mol. The molecule has 0 spiro atoms. The molecule has 2 aliphatic rings. The number of fused-ring (bicyclic) bond motifs is 4. The lowest BCUT2D eigenvalue weighted by Crippen LogP contribution is -2.47. The lowest BCUT2D eigenvalue weighted by molar-refractivity contribution is 0.216. The minimum atomic E-state index is 0.720. The van der Waals surface area contributed by atoms with Crippen LogP contribution in [0.4, 0.5) is 16.4 Å². The lowest BCUT2D eigenvalue weighted by atomic mass is 10.1. The van der Waals surface area contributed by atoms with Crippen molar-refractivity contribution in [2.75, 3.05) is 38.5 Å². The molecule has 0 saturated carbocycles. The summed E-state index contributed by atoms with van der Waals surface area (Å²) in [6.07, 6.45) is 0. The number of thiophene rings is 1. The molecule has 0 radical (unpaired) electrons. The summed E-state index contributed by atoms with van der Waals surface area (Å²) in [6.45, 7) is 4.08. The van der Waals surface area contributed by atoms with Gasteiger partial charge in [-0.3, -0.25) is 0 Å². The average molecular weight is 383 g/mol. The zero-order valence-corrected chi connectivity index (χ0v) is 16.1. The Kier molecular flexibility index (Phi) is 3.89. The van der Waals surface area contributed by atoms with Crippen molar-refractivity contribution in [1.82, 2.24) is 9.80 Å². The molecule has 6 heteroatoms. The number of hydrogen-bond donors (Lipinski definition) is 1. The van der Waals surface area contributed by atoms with Crippen molar-refractivity contribution in [3.05, 3.63) is 53.1 Å². The molecule has 0 atom stereocenters. The fraction of sp³-hybridized carbons (Fsp3) is 0.250. The summed E-state index contributed by atoms with van der Waals surface area (Å²) in [5.74, 6) is 1.07. The van der Waals surface area contributed by atoms with Crippen LogP contribution >= 0.6 is 22.9 Å². The van der Waals surface area contributed by atoms with Gasteiger partial charge in [-0.1, -0.05) is 29.8 Å². The summed E-state index contributed by atoms with van der Waals surface area (Å²) in [7, 11) is 2.18. The van der Waals surface area contributed by atoms with E-state index in [1.54, 1.807) is 11.3 Å². The number of piperazine rings is 1. The first-order chi connectivity index (χ1) is 12.7. The van der Waals surface area contributed by atoms with Gasteiger partial charge in [0.25, 0.3) is 0 Å². The minimum Gasteiger partial charge on any atom is -0.353 e. The van der Waals surface area contributed by atoms with E-state index in [-0.39, 0.29) is 0 Å². The highest BCUT2D eigenvalue weighted by molar-refractivity contribution is 7.23. The van der Waals surface area contributed by atoms with Gasteiger partial charge in [0.05, 0.1) is 16.9 Å². The van der Waals surface area contributed by atoms with E-state index in [9.17, 15) is 0 Å². The van der Waals surface area contributed by atoms with Crippen molar-refractivity contribution in [1.29, 1.82) is 0 Å². The molecule has 5 rings (SSSR count). The Hall–Kier alpha value is -2.08. The molecule has 1 saturated heterocycles. The maximum absolute atomic E-state index is 6.24. The molecule has 1 N–H and O–H groups in total.